The van der Waals surface area contributed by atoms with Crippen molar-refractivity contribution in [2.24, 2.45) is 0 Å². The number of amides is 1. The predicted octanol–water partition coefficient (Wildman–Crippen LogP) is 2.94. The van der Waals surface area contributed by atoms with Gasteiger partial charge in [-0.25, -0.2) is 4.98 Å². The van der Waals surface area contributed by atoms with Crippen LogP contribution in [0.5, 0.6) is 11.6 Å². The van der Waals surface area contributed by atoms with Crippen molar-refractivity contribution >= 4 is 27.7 Å². The van der Waals surface area contributed by atoms with E-state index >= 15 is 0 Å². The Hall–Kier alpha value is -3.70. The van der Waals surface area contributed by atoms with E-state index in [1.54, 1.807) is 44.9 Å². The molecular weight excluding hydrogens is 506 g/mol. The molecule has 2 aromatic carbocycles. The van der Waals surface area contributed by atoms with Crippen molar-refractivity contribution in [1.29, 1.82) is 0 Å². The molecule has 1 saturated heterocycles. The van der Waals surface area contributed by atoms with Gasteiger partial charge in [-0.1, -0.05) is 23.8 Å². The summed E-state index contributed by atoms with van der Waals surface area (Å²) in [6, 6.07) is 9.10. The fraction of sp³-hybridized carbons (Fsp3) is 0.370. The van der Waals surface area contributed by atoms with Gasteiger partial charge in [0.05, 0.1) is 19.3 Å². The highest BCUT2D eigenvalue weighted by Gasteiger charge is 2.27. The number of hydrogen-bond acceptors (Lipinski definition) is 9. The minimum atomic E-state index is -4.21. The molecule has 3 aromatic rings. The second-order valence-electron chi connectivity index (χ2n) is 9.67. The van der Waals surface area contributed by atoms with E-state index in [-0.39, 0.29) is 29.1 Å². The number of methoxy groups -OCH3 is 1. The average molecular weight is 540 g/mol. The highest BCUT2D eigenvalue weighted by molar-refractivity contribution is 7.87. The number of nitrogens with two attached hydrogens (primary N) is 1. The first kappa shape index (κ1) is 27.3. The van der Waals surface area contributed by atoms with E-state index in [0.717, 1.165) is 23.4 Å². The van der Waals surface area contributed by atoms with E-state index < -0.39 is 10.1 Å². The van der Waals surface area contributed by atoms with Gasteiger partial charge in [0.2, 0.25) is 17.7 Å². The van der Waals surface area contributed by atoms with Crippen molar-refractivity contribution in [2.45, 2.75) is 39.0 Å². The van der Waals surface area contributed by atoms with Crippen molar-refractivity contribution in [1.82, 2.24) is 14.9 Å². The monoisotopic (exact) mass is 539 g/mol. The lowest BCUT2D eigenvalue weighted by Gasteiger charge is -2.32. The SMILES string of the molecule is COc1cc(N2CCN(C)CC2=O)ccc1Cc1c(C)nc(N)nc1OS(=O)(=O)c1c(C)cc(C)cc1C. The van der Waals surface area contributed by atoms with E-state index in [1.807, 2.05) is 37.1 Å². The number of piperazine rings is 1. The molecule has 0 radical (unpaired) electrons. The zero-order valence-corrected chi connectivity index (χ0v) is 23.3. The maximum atomic E-state index is 13.4. The van der Waals surface area contributed by atoms with E-state index in [0.29, 0.717) is 41.2 Å². The topological polar surface area (TPSA) is 128 Å². The number of ether oxygens (including phenoxy) is 1. The second-order valence-corrected chi connectivity index (χ2v) is 11.2. The molecule has 1 aromatic heterocycles. The van der Waals surface area contributed by atoms with Gasteiger partial charge in [-0.2, -0.15) is 13.4 Å². The van der Waals surface area contributed by atoms with Crippen LogP contribution in [0, 0.1) is 27.7 Å². The highest BCUT2D eigenvalue weighted by Crippen LogP contribution is 2.33. The van der Waals surface area contributed by atoms with Gasteiger partial charge in [-0.05, 0) is 57.5 Å². The number of carbonyl (C=O) groups excluding carboxylic acids is 1. The summed E-state index contributed by atoms with van der Waals surface area (Å²) in [5.74, 6) is 0.336. The molecular formula is C27H33N5O5S. The highest BCUT2D eigenvalue weighted by atomic mass is 32.2. The van der Waals surface area contributed by atoms with Crippen molar-refractivity contribution in [3.8, 4) is 11.6 Å². The lowest BCUT2D eigenvalue weighted by Crippen LogP contribution is -2.48. The average Bonchev–Trinajstić information content (AvgIpc) is 2.80. The molecule has 1 fully saturated rings. The molecule has 0 atom stereocenters. The van der Waals surface area contributed by atoms with E-state index in [4.69, 9.17) is 14.7 Å². The molecule has 11 heteroatoms. The molecule has 2 heterocycles. The Morgan fingerprint density at radius 3 is 2.34 bits per heavy atom. The van der Waals surface area contributed by atoms with Gasteiger partial charge in [0.15, 0.2) is 0 Å². The summed E-state index contributed by atoms with van der Waals surface area (Å²) in [4.78, 5) is 24.8. The predicted molar refractivity (Wildman–Crippen MR) is 145 cm³/mol. The molecule has 0 aliphatic carbocycles. The first-order valence-electron chi connectivity index (χ1n) is 12.2. The molecule has 4 rings (SSSR count). The number of hydrogen-bond donors (Lipinski definition) is 1. The third kappa shape index (κ3) is 5.58. The first-order chi connectivity index (χ1) is 17.9. The van der Waals surface area contributed by atoms with Crippen LogP contribution in [0.15, 0.2) is 35.2 Å². The van der Waals surface area contributed by atoms with Gasteiger partial charge in [-0.15, -0.1) is 0 Å². The molecule has 0 spiro atoms. The Labute approximate surface area is 223 Å². The Kier molecular flexibility index (Phi) is 7.61. The zero-order chi connectivity index (χ0) is 27.8. The van der Waals surface area contributed by atoms with Crippen LogP contribution in [0.2, 0.25) is 0 Å². The Morgan fingerprint density at radius 2 is 1.71 bits per heavy atom. The Morgan fingerprint density at radius 1 is 1.03 bits per heavy atom. The second kappa shape index (κ2) is 10.6. The number of aromatic nitrogens is 2. The number of benzene rings is 2. The maximum absolute atomic E-state index is 13.4. The Bertz CT molecular complexity index is 1480. The molecule has 0 bridgehead atoms. The van der Waals surface area contributed by atoms with E-state index in [2.05, 4.69) is 9.97 Å². The summed E-state index contributed by atoms with van der Waals surface area (Å²) < 4.78 is 38.0. The van der Waals surface area contributed by atoms with Gasteiger partial charge in [0.25, 0.3) is 0 Å². The standard InChI is InChI=1S/C27H33N5O5S/c1-16-11-17(2)25(18(3)12-16)38(34,35)37-26-22(19(4)29-27(28)30-26)13-20-7-8-21(14-23(20)36-6)32-10-9-31(5)15-24(32)33/h7-8,11-12,14H,9-10,13,15H2,1-6H3,(H2,28,29,30). The smallest absolute Gasteiger partial charge is 0.341 e. The quantitative estimate of drug-likeness (QED) is 0.451. The molecule has 2 N–H and O–H groups in total. The lowest BCUT2D eigenvalue weighted by molar-refractivity contribution is -0.120. The minimum absolute atomic E-state index is 0.0129. The number of nitrogens with zero attached hydrogens (tertiary/aromatic N) is 4. The summed E-state index contributed by atoms with van der Waals surface area (Å²) >= 11 is 0. The van der Waals surface area contributed by atoms with Gasteiger partial charge in [-0.3, -0.25) is 9.69 Å². The summed E-state index contributed by atoms with van der Waals surface area (Å²) in [6.07, 6.45) is 0.225. The van der Waals surface area contributed by atoms with Crippen molar-refractivity contribution < 1.29 is 22.1 Å². The van der Waals surface area contributed by atoms with Gasteiger partial charge in [0.1, 0.15) is 10.6 Å². The van der Waals surface area contributed by atoms with E-state index in [1.165, 1.54) is 0 Å². The van der Waals surface area contributed by atoms with Crippen molar-refractivity contribution in [2.75, 3.05) is 44.4 Å². The number of nitrogen functional groups attached to an aromatic ring is 1. The van der Waals surface area contributed by atoms with Crippen LogP contribution in [0.1, 0.15) is 33.5 Å². The maximum Gasteiger partial charge on any atom is 0.341 e. The largest absolute Gasteiger partial charge is 0.496 e. The summed E-state index contributed by atoms with van der Waals surface area (Å²) in [7, 11) is -0.751. The molecule has 0 saturated carbocycles. The molecule has 1 aliphatic rings. The molecule has 202 valence electrons. The zero-order valence-electron chi connectivity index (χ0n) is 22.5. The molecule has 1 amide bonds. The fourth-order valence-corrected chi connectivity index (χ4v) is 6.21. The van der Waals surface area contributed by atoms with Crippen molar-refractivity contribution in [3.63, 3.8) is 0 Å². The van der Waals surface area contributed by atoms with Crippen LogP contribution >= 0.6 is 0 Å². The van der Waals surface area contributed by atoms with Crippen LogP contribution in [0.3, 0.4) is 0 Å². The number of likely N-dealkylation sites (N-methyl/N-ethyl adjacent to an activating group) is 1. The van der Waals surface area contributed by atoms with Crippen molar-refractivity contribution in [3.05, 3.63) is 63.8 Å². The van der Waals surface area contributed by atoms with Crippen LogP contribution in [-0.4, -0.2) is 63.0 Å². The van der Waals surface area contributed by atoms with Crippen LogP contribution in [0.25, 0.3) is 0 Å². The molecule has 1 aliphatic heterocycles. The Balaban J connectivity index is 1.70. The number of carbonyl (C=O) groups is 1. The normalized spacial score (nSPS) is 14.6. The van der Waals surface area contributed by atoms with E-state index in [9.17, 15) is 13.2 Å². The molecule has 0 unspecified atom stereocenters. The van der Waals surface area contributed by atoms with Crippen LogP contribution < -0.4 is 19.6 Å². The summed E-state index contributed by atoms with van der Waals surface area (Å²) in [6.45, 7) is 8.79. The van der Waals surface area contributed by atoms with Crippen LogP contribution in [-0.2, 0) is 21.3 Å². The number of aryl methyl sites for hydroxylation is 4. The summed E-state index contributed by atoms with van der Waals surface area (Å²) in [5.41, 5.74) is 10.4. The third-order valence-electron chi connectivity index (χ3n) is 6.60. The minimum Gasteiger partial charge on any atom is -0.496 e. The lowest BCUT2D eigenvalue weighted by atomic mass is 10.0. The van der Waals surface area contributed by atoms with Gasteiger partial charge in [0, 0.05) is 36.8 Å². The van der Waals surface area contributed by atoms with Crippen LogP contribution in [0.4, 0.5) is 11.6 Å². The van der Waals surface area contributed by atoms with Gasteiger partial charge < -0.3 is 19.6 Å². The molecule has 10 nitrogen and oxygen atoms in total. The fourth-order valence-electron chi connectivity index (χ4n) is 4.87. The molecule has 38 heavy (non-hydrogen) atoms. The first-order valence-corrected chi connectivity index (χ1v) is 13.6. The number of rotatable bonds is 7. The third-order valence-corrected chi connectivity index (χ3v) is 8.12. The van der Waals surface area contributed by atoms with Gasteiger partial charge >= 0.3 is 10.1 Å². The summed E-state index contributed by atoms with van der Waals surface area (Å²) in [5, 5.41) is 0. The number of anilines is 2.